The number of carbonyl (C=O) groups excluding carboxylic acids is 1. The Morgan fingerprint density at radius 2 is 1.59 bits per heavy atom. The number of hydrogen-bond donors (Lipinski definition) is 2. The molecule has 0 aliphatic heterocycles. The highest BCUT2D eigenvalue weighted by Crippen LogP contribution is 2.21. The standard InChI is InChI=1S/C21H25NO5.C2H6/c1-21(2,3)27-20(25)22-17(19(23)24)13-16-11-7-8-12-18(16)26-14-15-9-5-4-6-10-15;1-2/h4-12,17H,13-14H2,1-3H3,(H,22,25)(H,23,24);1-2H3. The van der Waals surface area contributed by atoms with E-state index in [9.17, 15) is 14.7 Å². The first-order valence-corrected chi connectivity index (χ1v) is 9.71. The second-order valence-electron chi connectivity index (χ2n) is 7.12. The van der Waals surface area contributed by atoms with Crippen LogP contribution in [-0.2, 0) is 22.6 Å². The molecule has 0 saturated carbocycles. The fourth-order valence-corrected chi connectivity index (χ4v) is 2.42. The van der Waals surface area contributed by atoms with Crippen LogP contribution in [-0.4, -0.2) is 28.8 Å². The summed E-state index contributed by atoms with van der Waals surface area (Å²) in [6.07, 6.45) is -0.683. The molecular formula is C23H31NO5. The lowest BCUT2D eigenvalue weighted by Gasteiger charge is -2.22. The van der Waals surface area contributed by atoms with Crippen LogP contribution in [0.4, 0.5) is 4.79 Å². The number of hydrogen-bond acceptors (Lipinski definition) is 4. The fraction of sp³-hybridized carbons (Fsp3) is 0.391. The number of benzene rings is 2. The van der Waals surface area contributed by atoms with E-state index in [0.29, 0.717) is 17.9 Å². The molecule has 2 aromatic carbocycles. The van der Waals surface area contributed by atoms with E-state index in [2.05, 4.69) is 5.32 Å². The van der Waals surface area contributed by atoms with Crippen LogP contribution in [0.2, 0.25) is 0 Å². The Labute approximate surface area is 172 Å². The van der Waals surface area contributed by atoms with E-state index < -0.39 is 23.7 Å². The monoisotopic (exact) mass is 401 g/mol. The molecule has 0 aromatic heterocycles. The van der Waals surface area contributed by atoms with Crippen LogP contribution in [0, 0.1) is 0 Å². The highest BCUT2D eigenvalue weighted by molar-refractivity contribution is 5.80. The van der Waals surface area contributed by atoms with Gasteiger partial charge in [-0.1, -0.05) is 62.4 Å². The molecule has 0 heterocycles. The summed E-state index contributed by atoms with van der Waals surface area (Å²) in [6.45, 7) is 9.52. The lowest BCUT2D eigenvalue weighted by molar-refractivity contribution is -0.139. The number of para-hydroxylation sites is 1. The van der Waals surface area contributed by atoms with Gasteiger partial charge in [0.05, 0.1) is 0 Å². The minimum atomic E-state index is -1.14. The van der Waals surface area contributed by atoms with Crippen LogP contribution in [0.25, 0.3) is 0 Å². The topological polar surface area (TPSA) is 84.9 Å². The molecule has 0 fully saturated rings. The van der Waals surface area contributed by atoms with Crippen molar-refractivity contribution in [3.63, 3.8) is 0 Å². The van der Waals surface area contributed by atoms with Gasteiger partial charge < -0.3 is 19.9 Å². The third-order valence-electron chi connectivity index (χ3n) is 3.62. The maximum absolute atomic E-state index is 11.9. The average molecular weight is 402 g/mol. The lowest BCUT2D eigenvalue weighted by Crippen LogP contribution is -2.44. The second-order valence-corrected chi connectivity index (χ2v) is 7.12. The highest BCUT2D eigenvalue weighted by atomic mass is 16.6. The summed E-state index contributed by atoms with van der Waals surface area (Å²) in [5.74, 6) is -0.558. The minimum absolute atomic E-state index is 0.0829. The average Bonchev–Trinajstić information content (AvgIpc) is 2.67. The van der Waals surface area contributed by atoms with E-state index in [1.165, 1.54) is 0 Å². The zero-order valence-electron chi connectivity index (χ0n) is 17.8. The van der Waals surface area contributed by atoms with E-state index in [1.807, 2.05) is 50.2 Å². The molecule has 0 aliphatic carbocycles. The largest absolute Gasteiger partial charge is 0.489 e. The van der Waals surface area contributed by atoms with E-state index in [4.69, 9.17) is 9.47 Å². The molecule has 1 atom stereocenters. The summed E-state index contributed by atoms with van der Waals surface area (Å²) in [6, 6.07) is 15.7. The second kappa shape index (κ2) is 11.7. The van der Waals surface area contributed by atoms with Crippen LogP contribution in [0.15, 0.2) is 54.6 Å². The van der Waals surface area contributed by atoms with Gasteiger partial charge in [-0.15, -0.1) is 0 Å². The van der Waals surface area contributed by atoms with Gasteiger partial charge in [0, 0.05) is 6.42 Å². The van der Waals surface area contributed by atoms with Gasteiger partial charge in [0.25, 0.3) is 0 Å². The minimum Gasteiger partial charge on any atom is -0.489 e. The molecule has 158 valence electrons. The van der Waals surface area contributed by atoms with Crippen LogP contribution in [0.3, 0.4) is 0 Å². The predicted octanol–water partition coefficient (Wildman–Crippen LogP) is 4.81. The molecule has 2 aromatic rings. The summed E-state index contributed by atoms with van der Waals surface area (Å²) in [5.41, 5.74) is 0.995. The molecule has 6 heteroatoms. The van der Waals surface area contributed by atoms with Crippen LogP contribution in [0.1, 0.15) is 45.7 Å². The number of aliphatic carboxylic acids is 1. The molecule has 6 nitrogen and oxygen atoms in total. The van der Waals surface area contributed by atoms with Gasteiger partial charge in [-0.05, 0) is 38.0 Å². The van der Waals surface area contributed by atoms with Crippen LogP contribution >= 0.6 is 0 Å². The first kappa shape index (κ1) is 24.0. The molecule has 0 bridgehead atoms. The molecule has 1 unspecified atom stereocenters. The third-order valence-corrected chi connectivity index (χ3v) is 3.62. The van der Waals surface area contributed by atoms with Gasteiger partial charge in [-0.25, -0.2) is 9.59 Å². The van der Waals surface area contributed by atoms with Crippen molar-refractivity contribution < 1.29 is 24.2 Å². The van der Waals surface area contributed by atoms with E-state index in [-0.39, 0.29) is 6.42 Å². The zero-order valence-corrected chi connectivity index (χ0v) is 17.8. The van der Waals surface area contributed by atoms with Crippen molar-refractivity contribution in [3.8, 4) is 5.75 Å². The van der Waals surface area contributed by atoms with Crippen molar-refractivity contribution in [1.82, 2.24) is 5.32 Å². The van der Waals surface area contributed by atoms with E-state index >= 15 is 0 Å². The molecule has 0 aliphatic rings. The lowest BCUT2D eigenvalue weighted by atomic mass is 10.0. The Morgan fingerprint density at radius 1 is 1.00 bits per heavy atom. The summed E-state index contributed by atoms with van der Waals surface area (Å²) in [5, 5.41) is 11.9. The maximum atomic E-state index is 11.9. The maximum Gasteiger partial charge on any atom is 0.408 e. The Hall–Kier alpha value is -3.02. The molecule has 0 saturated heterocycles. The summed E-state index contributed by atoms with van der Waals surface area (Å²) in [4.78, 5) is 23.5. The molecule has 0 radical (unpaired) electrons. The number of ether oxygens (including phenoxy) is 2. The van der Waals surface area contributed by atoms with Gasteiger partial charge in [-0.3, -0.25) is 0 Å². The van der Waals surface area contributed by atoms with Crippen LogP contribution < -0.4 is 10.1 Å². The van der Waals surface area contributed by atoms with Crippen LogP contribution in [0.5, 0.6) is 5.75 Å². The van der Waals surface area contributed by atoms with E-state index in [1.54, 1.807) is 39.0 Å². The summed E-state index contributed by atoms with van der Waals surface area (Å²) < 4.78 is 11.0. The molecule has 2 N–H and O–H groups in total. The molecular weight excluding hydrogens is 370 g/mol. The fourth-order valence-electron chi connectivity index (χ4n) is 2.42. The zero-order chi connectivity index (χ0) is 21.9. The van der Waals surface area contributed by atoms with Crippen molar-refractivity contribution in [3.05, 3.63) is 65.7 Å². The molecule has 29 heavy (non-hydrogen) atoms. The predicted molar refractivity (Wildman–Crippen MR) is 113 cm³/mol. The number of carboxylic acids is 1. The number of rotatable bonds is 7. The molecule has 1 amide bonds. The number of carbonyl (C=O) groups is 2. The first-order valence-electron chi connectivity index (χ1n) is 9.71. The summed E-state index contributed by atoms with van der Waals surface area (Å²) >= 11 is 0. The normalized spacial score (nSPS) is 11.5. The Bertz CT molecular complexity index is 768. The van der Waals surface area contributed by atoms with Gasteiger partial charge in [0.2, 0.25) is 0 Å². The van der Waals surface area contributed by atoms with Crippen molar-refractivity contribution in [2.45, 2.75) is 59.3 Å². The SMILES string of the molecule is CC.CC(C)(C)OC(=O)NC(Cc1ccccc1OCc1ccccc1)C(=O)O. The van der Waals surface area contributed by atoms with Crippen molar-refractivity contribution in [2.24, 2.45) is 0 Å². The van der Waals surface area contributed by atoms with Gasteiger partial charge >= 0.3 is 12.1 Å². The smallest absolute Gasteiger partial charge is 0.408 e. The van der Waals surface area contributed by atoms with Gasteiger partial charge in [-0.2, -0.15) is 0 Å². The van der Waals surface area contributed by atoms with Gasteiger partial charge in [0.15, 0.2) is 0 Å². The van der Waals surface area contributed by atoms with Gasteiger partial charge in [0.1, 0.15) is 24.0 Å². The van der Waals surface area contributed by atoms with Crippen molar-refractivity contribution in [1.29, 1.82) is 0 Å². The Kier molecular flexibility index (Phi) is 9.72. The third kappa shape index (κ3) is 9.14. The Balaban J connectivity index is 0.00000204. The Morgan fingerprint density at radius 3 is 2.17 bits per heavy atom. The van der Waals surface area contributed by atoms with Crippen molar-refractivity contribution >= 4 is 12.1 Å². The number of carboxylic acid groups (broad SMARTS) is 1. The molecule has 0 spiro atoms. The first-order chi connectivity index (χ1) is 13.7. The number of amides is 1. The summed E-state index contributed by atoms with van der Waals surface area (Å²) in [7, 11) is 0. The molecule has 2 rings (SSSR count). The van der Waals surface area contributed by atoms with E-state index in [0.717, 1.165) is 5.56 Å². The number of alkyl carbamates (subject to hydrolysis) is 1. The number of nitrogens with one attached hydrogen (secondary N) is 1. The van der Waals surface area contributed by atoms with Crippen molar-refractivity contribution in [2.75, 3.05) is 0 Å². The highest BCUT2D eigenvalue weighted by Gasteiger charge is 2.25. The quantitative estimate of drug-likeness (QED) is 0.695.